The number of hydrogen-bond donors (Lipinski definition) is 2. The van der Waals surface area contributed by atoms with Gasteiger partial charge in [-0.15, -0.1) is 0 Å². The summed E-state index contributed by atoms with van der Waals surface area (Å²) < 4.78 is 10.2. The molecule has 1 fully saturated rings. The molecule has 1 aromatic carbocycles. The second kappa shape index (κ2) is 5.25. The summed E-state index contributed by atoms with van der Waals surface area (Å²) in [5, 5.41) is 19.5. The molecule has 1 saturated heterocycles. The molecule has 0 saturated carbocycles. The third kappa shape index (κ3) is 2.81. The number of benzene rings is 1. The van der Waals surface area contributed by atoms with E-state index < -0.39 is 0 Å². The van der Waals surface area contributed by atoms with Crippen LogP contribution in [-0.2, 0) is 11.3 Å². The third-order valence-corrected chi connectivity index (χ3v) is 2.88. The molecule has 1 aromatic rings. The van der Waals surface area contributed by atoms with Crippen LogP contribution in [0, 0.1) is 0 Å². The van der Waals surface area contributed by atoms with Gasteiger partial charge in [0.1, 0.15) is 5.75 Å². The van der Waals surface area contributed by atoms with Gasteiger partial charge in [-0.25, -0.2) is 0 Å². The van der Waals surface area contributed by atoms with Crippen molar-refractivity contribution in [3.05, 3.63) is 17.7 Å². The predicted octanol–water partition coefficient (Wildman–Crippen LogP) is 0.939. The van der Waals surface area contributed by atoms with Crippen LogP contribution in [0.15, 0.2) is 12.1 Å². The number of methoxy groups -OCH3 is 1. The minimum atomic E-state index is 0.0496. The largest absolute Gasteiger partial charge is 0.507 e. The van der Waals surface area contributed by atoms with Crippen LogP contribution in [0.5, 0.6) is 17.2 Å². The van der Waals surface area contributed by atoms with E-state index in [2.05, 4.69) is 4.90 Å². The first kappa shape index (κ1) is 12.0. The molecule has 94 valence electrons. The van der Waals surface area contributed by atoms with Crippen LogP contribution in [0.1, 0.15) is 5.56 Å². The monoisotopic (exact) mass is 239 g/mol. The lowest BCUT2D eigenvalue weighted by atomic mass is 10.1. The zero-order chi connectivity index (χ0) is 12.3. The van der Waals surface area contributed by atoms with E-state index in [4.69, 9.17) is 9.47 Å². The lowest BCUT2D eigenvalue weighted by molar-refractivity contribution is 0.0338. The number of aromatic hydroxyl groups is 2. The number of nitrogens with zero attached hydrogens (tertiary/aromatic N) is 1. The Hall–Kier alpha value is -1.46. The van der Waals surface area contributed by atoms with Crippen molar-refractivity contribution in [1.29, 1.82) is 0 Å². The molecule has 0 unspecified atom stereocenters. The lowest BCUT2D eigenvalue weighted by Crippen LogP contribution is -2.35. The molecule has 2 rings (SSSR count). The Labute approximate surface area is 100 Å². The van der Waals surface area contributed by atoms with E-state index >= 15 is 0 Å². The Balaban J connectivity index is 2.12. The normalized spacial score (nSPS) is 17.0. The van der Waals surface area contributed by atoms with Crippen LogP contribution in [0.4, 0.5) is 0 Å². The molecule has 0 spiro atoms. The maximum atomic E-state index is 9.83. The van der Waals surface area contributed by atoms with Crippen LogP contribution < -0.4 is 4.74 Å². The summed E-state index contributed by atoms with van der Waals surface area (Å²) in [5.41, 5.74) is 0.699. The van der Waals surface area contributed by atoms with Crippen LogP contribution >= 0.6 is 0 Å². The number of hydrogen-bond acceptors (Lipinski definition) is 5. The molecule has 1 aliphatic heterocycles. The maximum Gasteiger partial charge on any atom is 0.164 e. The number of ether oxygens (including phenoxy) is 2. The first-order valence-electron chi connectivity index (χ1n) is 5.59. The summed E-state index contributed by atoms with van der Waals surface area (Å²) in [6, 6.07) is 2.98. The Bertz CT molecular complexity index is 388. The van der Waals surface area contributed by atoms with Crippen LogP contribution in [-0.4, -0.2) is 48.5 Å². The first-order chi connectivity index (χ1) is 8.20. The van der Waals surface area contributed by atoms with Gasteiger partial charge >= 0.3 is 0 Å². The number of phenolic OH excluding ortho intramolecular Hbond substituents is 2. The minimum absolute atomic E-state index is 0.0496. The zero-order valence-corrected chi connectivity index (χ0v) is 9.85. The molecule has 2 N–H and O–H groups in total. The SMILES string of the molecule is COc1cc(O)c(CN2CCOCC2)cc1O. The van der Waals surface area contributed by atoms with Gasteiger partial charge in [-0.3, -0.25) is 4.90 Å². The fourth-order valence-corrected chi connectivity index (χ4v) is 1.89. The second-order valence-corrected chi connectivity index (χ2v) is 4.04. The standard InChI is InChI=1S/C12H17NO4/c1-16-12-7-10(14)9(6-11(12)15)8-13-2-4-17-5-3-13/h6-7,14-15H,2-5,8H2,1H3. The van der Waals surface area contributed by atoms with Gasteiger partial charge in [-0.05, 0) is 6.07 Å². The average Bonchev–Trinajstić information content (AvgIpc) is 2.34. The number of rotatable bonds is 3. The molecule has 17 heavy (non-hydrogen) atoms. The van der Waals surface area contributed by atoms with E-state index in [1.165, 1.54) is 13.2 Å². The predicted molar refractivity (Wildman–Crippen MR) is 62.4 cm³/mol. The Morgan fingerprint density at radius 3 is 2.59 bits per heavy atom. The fourth-order valence-electron chi connectivity index (χ4n) is 1.89. The van der Waals surface area contributed by atoms with Gasteiger partial charge in [0.05, 0.1) is 20.3 Å². The Morgan fingerprint density at radius 2 is 1.94 bits per heavy atom. The summed E-state index contributed by atoms with van der Waals surface area (Å²) in [6.45, 7) is 3.71. The quantitative estimate of drug-likeness (QED) is 0.769. The fraction of sp³-hybridized carbons (Fsp3) is 0.500. The van der Waals surface area contributed by atoms with Gasteiger partial charge in [0, 0.05) is 31.3 Å². The van der Waals surface area contributed by atoms with Crippen molar-refractivity contribution in [2.24, 2.45) is 0 Å². The van der Waals surface area contributed by atoms with E-state index in [0.29, 0.717) is 25.3 Å². The summed E-state index contributed by atoms with van der Waals surface area (Å²) in [7, 11) is 1.45. The maximum absolute atomic E-state index is 9.83. The third-order valence-electron chi connectivity index (χ3n) is 2.88. The highest BCUT2D eigenvalue weighted by molar-refractivity contribution is 5.49. The Morgan fingerprint density at radius 1 is 1.24 bits per heavy atom. The molecule has 1 heterocycles. The molecule has 0 aromatic heterocycles. The van der Waals surface area contributed by atoms with Crippen molar-refractivity contribution < 1.29 is 19.7 Å². The smallest absolute Gasteiger partial charge is 0.164 e. The van der Waals surface area contributed by atoms with Crippen molar-refractivity contribution in [3.63, 3.8) is 0 Å². The molecule has 0 aliphatic carbocycles. The lowest BCUT2D eigenvalue weighted by Gasteiger charge is -2.26. The van der Waals surface area contributed by atoms with Crippen molar-refractivity contribution in [3.8, 4) is 17.2 Å². The van der Waals surface area contributed by atoms with Crippen molar-refractivity contribution in [2.75, 3.05) is 33.4 Å². The molecular formula is C12H17NO4. The highest BCUT2D eigenvalue weighted by Crippen LogP contribution is 2.33. The minimum Gasteiger partial charge on any atom is -0.507 e. The molecule has 0 bridgehead atoms. The first-order valence-corrected chi connectivity index (χ1v) is 5.59. The van der Waals surface area contributed by atoms with E-state index in [1.54, 1.807) is 6.07 Å². The molecule has 1 aliphatic rings. The van der Waals surface area contributed by atoms with Gasteiger partial charge < -0.3 is 19.7 Å². The molecular weight excluding hydrogens is 222 g/mol. The number of phenols is 2. The Kier molecular flexibility index (Phi) is 3.71. The topological polar surface area (TPSA) is 62.2 Å². The van der Waals surface area contributed by atoms with Gasteiger partial charge in [-0.1, -0.05) is 0 Å². The van der Waals surface area contributed by atoms with E-state index in [9.17, 15) is 10.2 Å². The summed E-state index contributed by atoms with van der Waals surface area (Å²) >= 11 is 0. The van der Waals surface area contributed by atoms with Crippen LogP contribution in [0.25, 0.3) is 0 Å². The summed E-state index contributed by atoms with van der Waals surface area (Å²) in [4.78, 5) is 2.17. The highest BCUT2D eigenvalue weighted by Gasteiger charge is 2.15. The highest BCUT2D eigenvalue weighted by atomic mass is 16.5. The van der Waals surface area contributed by atoms with E-state index in [-0.39, 0.29) is 17.2 Å². The van der Waals surface area contributed by atoms with Gasteiger partial charge in [0.2, 0.25) is 0 Å². The van der Waals surface area contributed by atoms with Gasteiger partial charge in [-0.2, -0.15) is 0 Å². The zero-order valence-electron chi connectivity index (χ0n) is 9.85. The summed E-state index contributed by atoms with van der Waals surface area (Å²) in [6.07, 6.45) is 0. The summed E-state index contributed by atoms with van der Waals surface area (Å²) in [5.74, 6) is 0.480. The molecule has 0 atom stereocenters. The molecule has 0 radical (unpaired) electrons. The van der Waals surface area contributed by atoms with E-state index in [1.807, 2.05) is 0 Å². The van der Waals surface area contributed by atoms with Crippen molar-refractivity contribution in [2.45, 2.75) is 6.54 Å². The van der Waals surface area contributed by atoms with Crippen LogP contribution in [0.2, 0.25) is 0 Å². The van der Waals surface area contributed by atoms with Crippen molar-refractivity contribution >= 4 is 0 Å². The second-order valence-electron chi connectivity index (χ2n) is 4.04. The van der Waals surface area contributed by atoms with E-state index in [0.717, 1.165) is 13.1 Å². The van der Waals surface area contributed by atoms with Gasteiger partial charge in [0.25, 0.3) is 0 Å². The molecule has 5 heteroatoms. The van der Waals surface area contributed by atoms with Crippen molar-refractivity contribution in [1.82, 2.24) is 4.90 Å². The van der Waals surface area contributed by atoms with Gasteiger partial charge in [0.15, 0.2) is 11.5 Å². The molecule has 0 amide bonds. The molecule has 5 nitrogen and oxygen atoms in total. The average molecular weight is 239 g/mol. The number of morpholine rings is 1. The van der Waals surface area contributed by atoms with Crippen LogP contribution in [0.3, 0.4) is 0 Å².